The van der Waals surface area contributed by atoms with Crippen molar-refractivity contribution in [2.24, 2.45) is 0 Å². The van der Waals surface area contributed by atoms with Gasteiger partial charge in [0.15, 0.2) is 0 Å². The van der Waals surface area contributed by atoms with Gasteiger partial charge in [0.2, 0.25) is 0 Å². The molecule has 1 aromatic rings. The normalized spacial score (nSPS) is 13.5. The van der Waals surface area contributed by atoms with Gasteiger partial charge in [-0.15, -0.1) is 0 Å². The summed E-state index contributed by atoms with van der Waals surface area (Å²) in [4.78, 5) is 11.2. The van der Waals surface area contributed by atoms with E-state index in [4.69, 9.17) is 0 Å². The Bertz CT molecular complexity index is 401. The summed E-state index contributed by atoms with van der Waals surface area (Å²) in [5.74, 6) is -0.176. The van der Waals surface area contributed by atoms with Crippen molar-refractivity contribution in [1.29, 1.82) is 0 Å². The van der Waals surface area contributed by atoms with Crippen LogP contribution in [0.2, 0.25) is 0 Å². The molecule has 5 heteroatoms. The van der Waals surface area contributed by atoms with Gasteiger partial charge in [-0.25, -0.2) is 0 Å². The summed E-state index contributed by atoms with van der Waals surface area (Å²) >= 11 is 0. The van der Waals surface area contributed by atoms with E-state index < -0.39 is 17.8 Å². The Balaban J connectivity index is 3.02. The van der Waals surface area contributed by atoms with Crippen molar-refractivity contribution in [3.8, 4) is 0 Å². The van der Waals surface area contributed by atoms with Gasteiger partial charge < -0.3 is 5.32 Å². The zero-order valence-corrected chi connectivity index (χ0v) is 9.64. The maximum atomic E-state index is 12.7. The highest BCUT2D eigenvalue weighted by atomic mass is 19.4. The number of likely N-dealkylation sites (N-methyl/N-ethyl adjacent to an activating group) is 1. The standard InChI is InChI=1S/C12H14F3NO/c1-8(17)11(16-2)7-9-5-3-4-6-10(9)12(13,14)15/h3-6,11,16H,7H2,1-2H3/t11-/m0/s1. The van der Waals surface area contributed by atoms with Gasteiger partial charge in [0.1, 0.15) is 5.78 Å². The SMILES string of the molecule is CN[C@@H](Cc1ccccc1C(F)(F)F)C(C)=O. The minimum Gasteiger partial charge on any atom is -0.310 e. The van der Waals surface area contributed by atoms with E-state index in [9.17, 15) is 18.0 Å². The van der Waals surface area contributed by atoms with Gasteiger partial charge in [-0.2, -0.15) is 13.2 Å². The van der Waals surface area contributed by atoms with Crippen LogP contribution >= 0.6 is 0 Å². The van der Waals surface area contributed by atoms with Gasteiger partial charge in [-0.05, 0) is 32.0 Å². The molecule has 0 spiro atoms. The minimum atomic E-state index is -4.38. The van der Waals surface area contributed by atoms with E-state index in [1.54, 1.807) is 7.05 Å². The van der Waals surface area contributed by atoms with Crippen LogP contribution in [0.4, 0.5) is 13.2 Å². The molecular weight excluding hydrogens is 231 g/mol. The molecule has 0 heterocycles. The molecule has 0 saturated heterocycles. The first kappa shape index (κ1) is 13.7. The molecule has 17 heavy (non-hydrogen) atoms. The Morgan fingerprint density at radius 3 is 2.41 bits per heavy atom. The summed E-state index contributed by atoms with van der Waals surface area (Å²) < 4.78 is 38.1. The molecule has 0 saturated carbocycles. The van der Waals surface area contributed by atoms with E-state index in [0.29, 0.717) is 0 Å². The van der Waals surface area contributed by atoms with Gasteiger partial charge in [0.25, 0.3) is 0 Å². The molecule has 0 aliphatic carbocycles. The average Bonchev–Trinajstić information content (AvgIpc) is 2.24. The van der Waals surface area contributed by atoms with E-state index in [-0.39, 0.29) is 17.8 Å². The Kier molecular flexibility index (Phi) is 4.28. The number of nitrogens with one attached hydrogen (secondary N) is 1. The lowest BCUT2D eigenvalue weighted by molar-refractivity contribution is -0.138. The average molecular weight is 245 g/mol. The van der Waals surface area contributed by atoms with Crippen molar-refractivity contribution in [3.63, 3.8) is 0 Å². The molecule has 94 valence electrons. The predicted octanol–water partition coefficient (Wildman–Crippen LogP) is 2.42. The first-order chi connectivity index (χ1) is 7.86. The van der Waals surface area contributed by atoms with E-state index in [1.807, 2.05) is 0 Å². The van der Waals surface area contributed by atoms with Crippen molar-refractivity contribution < 1.29 is 18.0 Å². The summed E-state index contributed by atoms with van der Waals surface area (Å²) in [5, 5.41) is 2.71. The molecule has 0 aliphatic rings. The third-order valence-electron chi connectivity index (χ3n) is 2.59. The third-order valence-corrected chi connectivity index (χ3v) is 2.59. The fraction of sp³-hybridized carbons (Fsp3) is 0.417. The molecular formula is C12H14F3NO. The highest BCUT2D eigenvalue weighted by Crippen LogP contribution is 2.32. The lowest BCUT2D eigenvalue weighted by Gasteiger charge is -2.17. The van der Waals surface area contributed by atoms with Crippen LogP contribution in [0, 0.1) is 0 Å². The minimum absolute atomic E-state index is 0.0432. The zero-order chi connectivity index (χ0) is 13.1. The van der Waals surface area contributed by atoms with Gasteiger partial charge in [0.05, 0.1) is 11.6 Å². The number of carbonyl (C=O) groups is 1. The van der Waals surface area contributed by atoms with Crippen LogP contribution in [-0.4, -0.2) is 18.9 Å². The maximum absolute atomic E-state index is 12.7. The lowest BCUT2D eigenvalue weighted by atomic mass is 9.98. The fourth-order valence-electron chi connectivity index (χ4n) is 1.64. The zero-order valence-electron chi connectivity index (χ0n) is 9.64. The predicted molar refractivity (Wildman–Crippen MR) is 58.7 cm³/mol. The Hall–Kier alpha value is -1.36. The topological polar surface area (TPSA) is 29.1 Å². The highest BCUT2D eigenvalue weighted by Gasteiger charge is 2.33. The Morgan fingerprint density at radius 2 is 1.94 bits per heavy atom. The van der Waals surface area contributed by atoms with Gasteiger partial charge in [-0.1, -0.05) is 18.2 Å². The van der Waals surface area contributed by atoms with Crippen LogP contribution in [0.25, 0.3) is 0 Å². The van der Waals surface area contributed by atoms with E-state index >= 15 is 0 Å². The van der Waals surface area contributed by atoms with Gasteiger partial charge in [0, 0.05) is 0 Å². The smallest absolute Gasteiger partial charge is 0.310 e. The van der Waals surface area contributed by atoms with Crippen LogP contribution in [0.5, 0.6) is 0 Å². The number of Topliss-reactive ketones (excluding diaryl/α,β-unsaturated/α-hetero) is 1. The highest BCUT2D eigenvalue weighted by molar-refractivity contribution is 5.81. The Morgan fingerprint density at radius 1 is 1.35 bits per heavy atom. The molecule has 0 aromatic heterocycles. The quantitative estimate of drug-likeness (QED) is 0.882. The van der Waals surface area contributed by atoms with Crippen LogP contribution in [0.3, 0.4) is 0 Å². The van der Waals surface area contributed by atoms with Crippen molar-refractivity contribution in [1.82, 2.24) is 5.32 Å². The number of benzene rings is 1. The van der Waals surface area contributed by atoms with Crippen molar-refractivity contribution in [3.05, 3.63) is 35.4 Å². The first-order valence-electron chi connectivity index (χ1n) is 5.19. The number of alkyl halides is 3. The number of hydrogen-bond donors (Lipinski definition) is 1. The van der Waals surface area contributed by atoms with Gasteiger partial charge in [-0.3, -0.25) is 4.79 Å². The van der Waals surface area contributed by atoms with E-state index in [0.717, 1.165) is 6.07 Å². The molecule has 0 amide bonds. The summed E-state index contributed by atoms with van der Waals surface area (Å²) in [5.41, 5.74) is -0.545. The number of hydrogen-bond acceptors (Lipinski definition) is 2. The van der Waals surface area contributed by atoms with E-state index in [1.165, 1.54) is 25.1 Å². The van der Waals surface area contributed by atoms with Crippen LogP contribution < -0.4 is 5.32 Å². The van der Waals surface area contributed by atoms with Crippen molar-refractivity contribution in [2.75, 3.05) is 7.05 Å². The Labute approximate surface area is 97.8 Å². The second-order valence-electron chi connectivity index (χ2n) is 3.81. The fourth-order valence-corrected chi connectivity index (χ4v) is 1.64. The number of halogens is 3. The number of rotatable bonds is 4. The molecule has 0 radical (unpaired) electrons. The molecule has 1 N–H and O–H groups in total. The summed E-state index contributed by atoms with van der Waals surface area (Å²) in [6, 6.07) is 4.72. The third kappa shape index (κ3) is 3.56. The van der Waals surface area contributed by atoms with E-state index in [2.05, 4.69) is 5.32 Å². The molecule has 0 aliphatic heterocycles. The van der Waals surface area contributed by atoms with Crippen LogP contribution in [0.1, 0.15) is 18.1 Å². The molecule has 2 nitrogen and oxygen atoms in total. The number of carbonyl (C=O) groups excluding carboxylic acids is 1. The molecule has 1 aromatic carbocycles. The van der Waals surface area contributed by atoms with Crippen molar-refractivity contribution >= 4 is 5.78 Å². The molecule has 1 rings (SSSR count). The molecule has 0 bridgehead atoms. The van der Waals surface area contributed by atoms with Crippen LogP contribution in [0.15, 0.2) is 24.3 Å². The summed E-state index contributed by atoms with van der Waals surface area (Å²) in [6.45, 7) is 1.36. The molecule has 0 unspecified atom stereocenters. The molecule has 0 fully saturated rings. The van der Waals surface area contributed by atoms with Crippen molar-refractivity contribution in [2.45, 2.75) is 25.6 Å². The lowest BCUT2D eigenvalue weighted by Crippen LogP contribution is -2.35. The summed E-state index contributed by atoms with van der Waals surface area (Å²) in [6.07, 6.45) is -4.34. The monoisotopic (exact) mass is 245 g/mol. The maximum Gasteiger partial charge on any atom is 0.416 e. The second-order valence-corrected chi connectivity index (χ2v) is 3.81. The number of ketones is 1. The largest absolute Gasteiger partial charge is 0.416 e. The first-order valence-corrected chi connectivity index (χ1v) is 5.19. The molecule has 1 atom stereocenters. The second kappa shape index (κ2) is 5.31. The summed E-state index contributed by atoms with van der Waals surface area (Å²) in [7, 11) is 1.56. The van der Waals surface area contributed by atoms with Crippen LogP contribution in [-0.2, 0) is 17.4 Å². The van der Waals surface area contributed by atoms with Gasteiger partial charge >= 0.3 is 6.18 Å².